The smallest absolute Gasteiger partial charge is 0.0779 e. The molecule has 0 amide bonds. The van der Waals surface area contributed by atoms with Crippen molar-refractivity contribution in [3.8, 4) is 0 Å². The molecule has 1 saturated carbocycles. The molecule has 4 nitrogen and oxygen atoms in total. The van der Waals surface area contributed by atoms with Crippen LogP contribution >= 0.6 is 0 Å². The molecule has 0 aromatic carbocycles. The van der Waals surface area contributed by atoms with Crippen LogP contribution in [0.3, 0.4) is 0 Å². The molecule has 2 aliphatic rings. The fraction of sp³-hybridized carbons (Fsp3) is 0.824. The first kappa shape index (κ1) is 15.0. The van der Waals surface area contributed by atoms with E-state index in [4.69, 9.17) is 10.5 Å². The van der Waals surface area contributed by atoms with E-state index in [1.165, 1.54) is 50.5 Å². The lowest BCUT2D eigenvalue weighted by Crippen LogP contribution is -2.32. The van der Waals surface area contributed by atoms with Crippen LogP contribution in [0.4, 0.5) is 0 Å². The van der Waals surface area contributed by atoms with Crippen LogP contribution in [0.5, 0.6) is 0 Å². The highest BCUT2D eigenvalue weighted by Crippen LogP contribution is 2.42. The Labute approximate surface area is 128 Å². The van der Waals surface area contributed by atoms with E-state index in [0.29, 0.717) is 6.10 Å². The van der Waals surface area contributed by atoms with Gasteiger partial charge in [-0.1, -0.05) is 26.2 Å². The Balaban J connectivity index is 1.53. The van der Waals surface area contributed by atoms with Crippen molar-refractivity contribution in [3.05, 3.63) is 18.0 Å². The van der Waals surface area contributed by atoms with Crippen molar-refractivity contribution in [2.75, 3.05) is 0 Å². The van der Waals surface area contributed by atoms with Gasteiger partial charge in [-0.25, -0.2) is 0 Å². The van der Waals surface area contributed by atoms with Crippen molar-refractivity contribution >= 4 is 0 Å². The van der Waals surface area contributed by atoms with E-state index in [9.17, 15) is 0 Å². The van der Waals surface area contributed by atoms with Gasteiger partial charge in [0.05, 0.1) is 24.4 Å². The van der Waals surface area contributed by atoms with E-state index < -0.39 is 0 Å². The molecule has 0 bridgehead atoms. The van der Waals surface area contributed by atoms with Gasteiger partial charge in [0.25, 0.3) is 0 Å². The van der Waals surface area contributed by atoms with E-state index in [-0.39, 0.29) is 11.6 Å². The third-order valence-electron chi connectivity index (χ3n) is 5.20. The van der Waals surface area contributed by atoms with E-state index in [1.807, 2.05) is 10.9 Å². The minimum Gasteiger partial charge on any atom is -0.370 e. The van der Waals surface area contributed by atoms with Crippen molar-refractivity contribution in [1.82, 2.24) is 9.78 Å². The monoisotopic (exact) mass is 291 g/mol. The van der Waals surface area contributed by atoms with Gasteiger partial charge in [0.1, 0.15) is 0 Å². The lowest BCUT2D eigenvalue weighted by atomic mass is 9.83. The molecular weight excluding hydrogens is 262 g/mol. The van der Waals surface area contributed by atoms with Gasteiger partial charge in [0, 0.05) is 12.2 Å². The quantitative estimate of drug-likeness (QED) is 0.907. The largest absolute Gasteiger partial charge is 0.370 e. The van der Waals surface area contributed by atoms with Crippen molar-refractivity contribution in [2.24, 2.45) is 5.73 Å². The van der Waals surface area contributed by atoms with Gasteiger partial charge >= 0.3 is 0 Å². The van der Waals surface area contributed by atoms with Gasteiger partial charge < -0.3 is 10.5 Å². The highest BCUT2D eigenvalue weighted by atomic mass is 16.5. The Morgan fingerprint density at radius 2 is 2.19 bits per heavy atom. The summed E-state index contributed by atoms with van der Waals surface area (Å²) in [5.74, 6) is 0. The van der Waals surface area contributed by atoms with Crippen molar-refractivity contribution in [1.29, 1.82) is 0 Å². The maximum absolute atomic E-state index is 6.42. The van der Waals surface area contributed by atoms with E-state index in [1.54, 1.807) is 0 Å². The molecule has 1 aromatic heterocycles. The number of nitrogens with two attached hydrogens (primary N) is 1. The van der Waals surface area contributed by atoms with Crippen LogP contribution in [0.15, 0.2) is 12.4 Å². The Bertz CT molecular complexity index is 451. The zero-order valence-electron chi connectivity index (χ0n) is 13.3. The topological polar surface area (TPSA) is 53.1 Å². The summed E-state index contributed by atoms with van der Waals surface area (Å²) >= 11 is 0. The lowest BCUT2D eigenvalue weighted by Gasteiger charge is -2.33. The minimum absolute atomic E-state index is 0.212. The Hall–Kier alpha value is -0.870. The van der Waals surface area contributed by atoms with Crippen LogP contribution in [0.1, 0.15) is 63.9 Å². The van der Waals surface area contributed by atoms with Gasteiger partial charge in [0.15, 0.2) is 0 Å². The molecule has 1 aliphatic heterocycles. The van der Waals surface area contributed by atoms with Crippen molar-refractivity contribution in [3.63, 3.8) is 0 Å². The second-order valence-electron chi connectivity index (χ2n) is 6.97. The first-order chi connectivity index (χ1) is 10.2. The maximum Gasteiger partial charge on any atom is 0.0779 e. The summed E-state index contributed by atoms with van der Waals surface area (Å²) in [5, 5.41) is 4.48. The fourth-order valence-corrected chi connectivity index (χ4v) is 3.86. The highest BCUT2D eigenvalue weighted by molar-refractivity contribution is 5.06. The molecule has 2 atom stereocenters. The third-order valence-corrected chi connectivity index (χ3v) is 5.20. The van der Waals surface area contributed by atoms with E-state index in [2.05, 4.69) is 18.2 Å². The zero-order valence-corrected chi connectivity index (χ0v) is 13.3. The van der Waals surface area contributed by atoms with Crippen LogP contribution < -0.4 is 5.73 Å². The lowest BCUT2D eigenvalue weighted by molar-refractivity contribution is -0.0688. The van der Waals surface area contributed by atoms with Gasteiger partial charge in [-0.2, -0.15) is 5.10 Å². The van der Waals surface area contributed by atoms with Crippen LogP contribution in [-0.2, 0) is 17.7 Å². The highest BCUT2D eigenvalue weighted by Gasteiger charge is 2.40. The molecule has 4 heteroatoms. The normalized spacial score (nSPS) is 26.3. The Kier molecular flexibility index (Phi) is 4.65. The molecule has 1 aromatic rings. The second-order valence-corrected chi connectivity index (χ2v) is 6.97. The second kappa shape index (κ2) is 6.49. The number of hydrogen-bond donors (Lipinski definition) is 1. The third kappa shape index (κ3) is 3.67. The molecule has 1 saturated heterocycles. The molecule has 1 aliphatic carbocycles. The number of ether oxygens (including phenoxy) is 1. The van der Waals surface area contributed by atoms with Gasteiger partial charge in [0.2, 0.25) is 0 Å². The first-order valence-electron chi connectivity index (χ1n) is 8.64. The van der Waals surface area contributed by atoms with E-state index >= 15 is 0 Å². The molecule has 1 spiro atoms. The van der Waals surface area contributed by atoms with Crippen molar-refractivity contribution in [2.45, 2.75) is 89.0 Å². The molecule has 2 heterocycles. The Morgan fingerprint density at radius 3 is 2.95 bits per heavy atom. The maximum atomic E-state index is 6.42. The average Bonchev–Trinajstić information content (AvgIpc) is 3.08. The predicted octanol–water partition coefficient (Wildman–Crippen LogP) is 3.04. The summed E-state index contributed by atoms with van der Waals surface area (Å²) in [6.45, 7) is 3.02. The summed E-state index contributed by atoms with van der Waals surface area (Å²) in [6, 6.07) is 0.246. The van der Waals surface area contributed by atoms with Crippen LogP contribution in [0.2, 0.25) is 0 Å². The Morgan fingerprint density at radius 1 is 1.38 bits per heavy atom. The van der Waals surface area contributed by atoms with Crippen molar-refractivity contribution < 1.29 is 4.74 Å². The molecule has 3 rings (SSSR count). The van der Waals surface area contributed by atoms with Gasteiger partial charge in [-0.15, -0.1) is 0 Å². The summed E-state index contributed by atoms with van der Waals surface area (Å²) in [6.07, 6.45) is 15.4. The van der Waals surface area contributed by atoms with Crippen LogP contribution in [-0.4, -0.2) is 27.5 Å². The van der Waals surface area contributed by atoms with Gasteiger partial charge in [-0.3, -0.25) is 4.68 Å². The zero-order chi connectivity index (χ0) is 14.7. The first-order valence-corrected chi connectivity index (χ1v) is 8.64. The summed E-state index contributed by atoms with van der Waals surface area (Å²) in [5.41, 5.74) is 7.47. The summed E-state index contributed by atoms with van der Waals surface area (Å²) < 4.78 is 8.47. The average molecular weight is 291 g/mol. The number of nitrogens with zero attached hydrogens (tertiary/aromatic N) is 2. The van der Waals surface area contributed by atoms with E-state index in [0.717, 1.165) is 19.4 Å². The SMILES string of the molecule is CCC(N)Cc1cnn(CC2CCC3(CCCCC3)O2)c1. The van der Waals surface area contributed by atoms with Crippen LogP contribution in [0.25, 0.3) is 0 Å². The standard InChI is InChI=1S/C17H29N3O/c1-2-15(18)10-14-11-19-20(12-14)13-16-6-9-17(21-16)7-4-3-5-8-17/h11-12,15-16H,2-10,13,18H2,1H3. The molecule has 2 unspecified atom stereocenters. The number of hydrogen-bond acceptors (Lipinski definition) is 3. The fourth-order valence-electron chi connectivity index (χ4n) is 3.86. The molecular formula is C17H29N3O. The van der Waals surface area contributed by atoms with Gasteiger partial charge in [-0.05, 0) is 44.1 Å². The minimum atomic E-state index is 0.212. The molecule has 2 fully saturated rings. The molecule has 118 valence electrons. The number of rotatable bonds is 5. The molecule has 0 radical (unpaired) electrons. The predicted molar refractivity (Wildman–Crippen MR) is 84.1 cm³/mol. The molecule has 21 heavy (non-hydrogen) atoms. The summed E-state index contributed by atoms with van der Waals surface area (Å²) in [7, 11) is 0. The number of aromatic nitrogens is 2. The summed E-state index contributed by atoms with van der Waals surface area (Å²) in [4.78, 5) is 0. The molecule has 2 N–H and O–H groups in total. The van der Waals surface area contributed by atoms with Crippen LogP contribution in [0, 0.1) is 0 Å².